The largest absolute Gasteiger partial charge is 0.491 e. The normalized spacial score (nSPS) is 12.1. The van der Waals surface area contributed by atoms with Gasteiger partial charge >= 0.3 is 0 Å². The molecular weight excluding hydrogens is 392 g/mol. The molecule has 2 heterocycles. The third kappa shape index (κ3) is 4.51. The molecule has 1 aliphatic rings. The molecule has 0 unspecified atom stereocenters. The molecule has 3 aromatic rings. The Morgan fingerprint density at radius 3 is 2.74 bits per heavy atom. The van der Waals surface area contributed by atoms with Crippen LogP contribution >= 0.6 is 0 Å². The summed E-state index contributed by atoms with van der Waals surface area (Å²) in [5, 5.41) is 0.312. The molecule has 2 aromatic carbocycles. The van der Waals surface area contributed by atoms with Crippen molar-refractivity contribution in [2.24, 2.45) is 4.99 Å². The number of hydrogen-bond acceptors (Lipinski definition) is 6. The van der Waals surface area contributed by atoms with Crippen molar-refractivity contribution in [2.45, 2.75) is 19.8 Å². The van der Waals surface area contributed by atoms with Crippen molar-refractivity contribution in [1.82, 2.24) is 9.97 Å². The zero-order chi connectivity index (χ0) is 21.8. The highest BCUT2D eigenvalue weighted by molar-refractivity contribution is 5.78. The van der Waals surface area contributed by atoms with Crippen LogP contribution < -0.4 is 26.0 Å². The molecule has 7 heteroatoms. The molecule has 0 fully saturated rings. The number of nitrogens with zero attached hydrogens (tertiary/aromatic N) is 3. The number of fused-ring (bicyclic) bond motifs is 2. The number of aromatic amines is 1. The smallest absolute Gasteiger partial charge is 0.279 e. The van der Waals surface area contributed by atoms with Crippen LogP contribution in [-0.4, -0.2) is 36.8 Å². The van der Waals surface area contributed by atoms with Crippen LogP contribution in [0.15, 0.2) is 52.3 Å². The average Bonchev–Trinajstić information content (AvgIpc) is 2.75. The summed E-state index contributed by atoms with van der Waals surface area (Å²) in [4.78, 5) is 26.4. The first-order valence-corrected chi connectivity index (χ1v) is 10.3. The van der Waals surface area contributed by atoms with Gasteiger partial charge in [-0.2, -0.15) is 0 Å². The maximum absolute atomic E-state index is 12.6. The fraction of sp³-hybridized carbons (Fsp3) is 0.292. The van der Waals surface area contributed by atoms with Crippen molar-refractivity contribution >= 4 is 23.8 Å². The molecule has 1 aromatic heterocycles. The van der Waals surface area contributed by atoms with Crippen molar-refractivity contribution in [3.05, 3.63) is 74.8 Å². The molecule has 4 rings (SSSR count). The zero-order valence-electron chi connectivity index (χ0n) is 17.9. The molecule has 1 aliphatic heterocycles. The molecule has 0 aliphatic carbocycles. The van der Waals surface area contributed by atoms with E-state index in [0.717, 1.165) is 35.5 Å². The minimum Gasteiger partial charge on any atom is -0.491 e. The zero-order valence-corrected chi connectivity index (χ0v) is 17.9. The Labute approximate surface area is 180 Å². The Hall–Kier alpha value is -3.45. The molecule has 0 atom stereocenters. The van der Waals surface area contributed by atoms with E-state index < -0.39 is 0 Å². The molecule has 0 bridgehead atoms. The van der Waals surface area contributed by atoms with Crippen LogP contribution in [0, 0.1) is 6.92 Å². The number of aryl methyl sites for hydroxylation is 2. The van der Waals surface area contributed by atoms with Gasteiger partial charge < -0.3 is 19.4 Å². The Morgan fingerprint density at radius 2 is 1.97 bits per heavy atom. The van der Waals surface area contributed by atoms with Crippen LogP contribution in [0.1, 0.15) is 17.5 Å². The van der Waals surface area contributed by atoms with Gasteiger partial charge in [0.25, 0.3) is 5.56 Å². The summed E-state index contributed by atoms with van der Waals surface area (Å²) in [7, 11) is 1.65. The summed E-state index contributed by atoms with van der Waals surface area (Å²) in [6.07, 6.45) is 1.81. The van der Waals surface area contributed by atoms with Crippen LogP contribution in [0.4, 0.5) is 17.2 Å². The fourth-order valence-electron chi connectivity index (χ4n) is 3.69. The van der Waals surface area contributed by atoms with Gasteiger partial charge in [0.15, 0.2) is 11.2 Å². The maximum Gasteiger partial charge on any atom is 0.279 e. The van der Waals surface area contributed by atoms with Gasteiger partial charge in [-0.25, -0.2) is 9.98 Å². The molecule has 0 saturated heterocycles. The van der Waals surface area contributed by atoms with Gasteiger partial charge in [0, 0.05) is 19.7 Å². The summed E-state index contributed by atoms with van der Waals surface area (Å²) in [5.74, 6) is 1.29. The van der Waals surface area contributed by atoms with E-state index in [0.29, 0.717) is 36.4 Å². The number of aromatic nitrogens is 2. The number of H-pyrrole nitrogens is 1. The number of benzene rings is 2. The standard InChI is InChI=1S/C24H26N4O3/c1-16-14-19-20(15-21(16)31-13-12-30-3)28(11-7-10-18-8-5-4-6-9-18)23-22(27-19)24(29)26-17(2)25-23/h4-6,8-9,14-15H,2,7,10-13H2,1,3H3,(H,26,29). The van der Waals surface area contributed by atoms with Crippen molar-refractivity contribution < 1.29 is 9.47 Å². The summed E-state index contributed by atoms with van der Waals surface area (Å²) < 4.78 is 11.0. The van der Waals surface area contributed by atoms with Crippen molar-refractivity contribution in [3.63, 3.8) is 0 Å². The quantitative estimate of drug-likeness (QED) is 0.569. The van der Waals surface area contributed by atoms with E-state index >= 15 is 0 Å². The first kappa shape index (κ1) is 20.8. The summed E-state index contributed by atoms with van der Waals surface area (Å²) in [5.41, 5.74) is 3.85. The Kier molecular flexibility index (Phi) is 6.13. The van der Waals surface area contributed by atoms with Crippen molar-refractivity contribution in [1.29, 1.82) is 0 Å². The minimum atomic E-state index is -0.285. The lowest BCUT2D eigenvalue weighted by Gasteiger charge is -2.29. The monoisotopic (exact) mass is 418 g/mol. The van der Waals surface area contributed by atoms with E-state index in [1.807, 2.05) is 42.2 Å². The second-order valence-electron chi connectivity index (χ2n) is 7.49. The number of anilines is 2. The molecule has 0 amide bonds. The number of rotatable bonds is 8. The van der Waals surface area contributed by atoms with Crippen LogP contribution in [0.3, 0.4) is 0 Å². The first-order valence-electron chi connectivity index (χ1n) is 10.3. The Bertz CT molecular complexity index is 1240. The van der Waals surface area contributed by atoms with E-state index in [1.54, 1.807) is 7.11 Å². The van der Waals surface area contributed by atoms with Gasteiger partial charge in [-0.1, -0.05) is 36.9 Å². The van der Waals surface area contributed by atoms with Gasteiger partial charge in [-0.05, 0) is 37.0 Å². The second kappa shape index (κ2) is 9.14. The van der Waals surface area contributed by atoms with E-state index in [-0.39, 0.29) is 5.56 Å². The maximum atomic E-state index is 12.6. The first-order chi connectivity index (χ1) is 15.1. The van der Waals surface area contributed by atoms with Gasteiger partial charge in [0.1, 0.15) is 17.8 Å². The SMILES string of the molecule is C=c1nc2c(c(=O)[nH]1)=Nc1cc(C)c(OCCOC)cc1N2CCCc1ccccc1. The van der Waals surface area contributed by atoms with E-state index in [1.165, 1.54) is 5.56 Å². The third-order valence-corrected chi connectivity index (χ3v) is 5.21. The predicted molar refractivity (Wildman–Crippen MR) is 121 cm³/mol. The summed E-state index contributed by atoms with van der Waals surface area (Å²) in [6, 6.07) is 14.3. The summed E-state index contributed by atoms with van der Waals surface area (Å²) >= 11 is 0. The molecule has 7 nitrogen and oxygen atoms in total. The highest BCUT2D eigenvalue weighted by Crippen LogP contribution is 2.39. The average molecular weight is 418 g/mol. The van der Waals surface area contributed by atoms with Crippen LogP contribution in [0.25, 0.3) is 6.58 Å². The molecule has 31 heavy (non-hydrogen) atoms. The lowest BCUT2D eigenvalue weighted by molar-refractivity contribution is 0.146. The van der Waals surface area contributed by atoms with E-state index in [9.17, 15) is 4.79 Å². The third-order valence-electron chi connectivity index (χ3n) is 5.21. The highest BCUT2D eigenvalue weighted by Gasteiger charge is 2.24. The lowest BCUT2D eigenvalue weighted by Crippen LogP contribution is -2.42. The molecule has 160 valence electrons. The van der Waals surface area contributed by atoms with E-state index in [2.05, 4.69) is 33.7 Å². The van der Waals surface area contributed by atoms with Gasteiger partial charge in [0.2, 0.25) is 0 Å². The van der Waals surface area contributed by atoms with Crippen LogP contribution in [0.5, 0.6) is 5.75 Å². The number of hydrogen-bond donors (Lipinski definition) is 1. The minimum absolute atomic E-state index is 0.285. The second-order valence-corrected chi connectivity index (χ2v) is 7.49. The lowest BCUT2D eigenvalue weighted by atomic mass is 10.1. The molecular formula is C24H26N4O3. The summed E-state index contributed by atoms with van der Waals surface area (Å²) in [6.45, 7) is 7.43. The fourth-order valence-corrected chi connectivity index (χ4v) is 3.69. The predicted octanol–water partition coefficient (Wildman–Crippen LogP) is 2.55. The van der Waals surface area contributed by atoms with Crippen LogP contribution in [-0.2, 0) is 11.2 Å². The van der Waals surface area contributed by atoms with Gasteiger partial charge in [-0.15, -0.1) is 0 Å². The van der Waals surface area contributed by atoms with Crippen molar-refractivity contribution in [3.8, 4) is 5.75 Å². The Balaban J connectivity index is 1.72. The molecule has 1 N–H and O–H groups in total. The number of nitrogens with one attached hydrogen (secondary N) is 1. The van der Waals surface area contributed by atoms with Gasteiger partial charge in [-0.3, -0.25) is 4.79 Å². The molecule has 0 radical (unpaired) electrons. The van der Waals surface area contributed by atoms with E-state index in [4.69, 9.17) is 9.47 Å². The molecule has 0 saturated carbocycles. The molecule has 0 spiro atoms. The topological polar surface area (TPSA) is 79.8 Å². The van der Waals surface area contributed by atoms with Gasteiger partial charge in [0.05, 0.1) is 18.0 Å². The highest BCUT2D eigenvalue weighted by atomic mass is 16.5. The number of methoxy groups -OCH3 is 1. The number of ether oxygens (including phenoxy) is 2. The Morgan fingerprint density at radius 1 is 1.16 bits per heavy atom. The van der Waals surface area contributed by atoms with Crippen molar-refractivity contribution in [2.75, 3.05) is 31.8 Å². The van der Waals surface area contributed by atoms with Crippen LogP contribution in [0.2, 0.25) is 0 Å².